The smallest absolute Gasteiger partial charge is 0.410 e. The molecule has 2 fully saturated rings. The zero-order chi connectivity index (χ0) is 16.9. The van der Waals surface area contributed by atoms with E-state index < -0.39 is 5.60 Å². The van der Waals surface area contributed by atoms with E-state index in [2.05, 4.69) is 12.2 Å². The van der Waals surface area contributed by atoms with E-state index in [1.165, 1.54) is 0 Å². The fourth-order valence-electron chi connectivity index (χ4n) is 3.16. The highest BCUT2D eigenvalue weighted by atomic mass is 16.6. The molecule has 2 rings (SSSR count). The summed E-state index contributed by atoms with van der Waals surface area (Å²) in [4.78, 5) is 14.2. The third kappa shape index (κ3) is 6.28. The first-order chi connectivity index (χ1) is 10.8. The standard InChI is InChI=1S/C17H32N2O4/c1-13(18-14-6-5-8-21-11-14)10-15-12-22-9-7-19(15)16(20)23-17(2,3)4/h13-15,18H,5-12H2,1-4H3. The molecular weight excluding hydrogens is 296 g/mol. The Labute approximate surface area is 139 Å². The van der Waals surface area contributed by atoms with E-state index in [4.69, 9.17) is 14.2 Å². The third-order valence-corrected chi connectivity index (χ3v) is 4.16. The number of carbonyl (C=O) groups is 1. The molecule has 2 aliphatic heterocycles. The quantitative estimate of drug-likeness (QED) is 0.857. The van der Waals surface area contributed by atoms with Gasteiger partial charge in [-0.2, -0.15) is 0 Å². The minimum Gasteiger partial charge on any atom is -0.444 e. The first-order valence-electron chi connectivity index (χ1n) is 8.76. The van der Waals surface area contributed by atoms with Crippen molar-refractivity contribution in [2.45, 2.75) is 70.7 Å². The van der Waals surface area contributed by atoms with Gasteiger partial charge in [-0.25, -0.2) is 4.79 Å². The van der Waals surface area contributed by atoms with Crippen LogP contribution in [0.2, 0.25) is 0 Å². The van der Waals surface area contributed by atoms with Gasteiger partial charge in [0.2, 0.25) is 0 Å². The lowest BCUT2D eigenvalue weighted by Crippen LogP contribution is -2.53. The summed E-state index contributed by atoms with van der Waals surface area (Å²) in [6.07, 6.45) is 2.89. The summed E-state index contributed by atoms with van der Waals surface area (Å²) in [5.41, 5.74) is -0.469. The molecule has 6 nitrogen and oxygen atoms in total. The lowest BCUT2D eigenvalue weighted by molar-refractivity contribution is -0.0363. The number of nitrogens with one attached hydrogen (secondary N) is 1. The van der Waals surface area contributed by atoms with Crippen molar-refractivity contribution in [2.75, 3.05) is 33.0 Å². The topological polar surface area (TPSA) is 60.0 Å². The molecule has 0 aromatic carbocycles. The molecule has 0 spiro atoms. The number of rotatable bonds is 4. The molecule has 1 amide bonds. The van der Waals surface area contributed by atoms with Crippen molar-refractivity contribution in [1.82, 2.24) is 10.2 Å². The zero-order valence-electron chi connectivity index (χ0n) is 15.0. The van der Waals surface area contributed by atoms with Gasteiger partial charge in [0.05, 0.1) is 25.9 Å². The molecule has 0 bridgehead atoms. The van der Waals surface area contributed by atoms with Crippen LogP contribution in [0.3, 0.4) is 0 Å². The number of hydrogen-bond donors (Lipinski definition) is 1. The number of ether oxygens (including phenoxy) is 3. The van der Waals surface area contributed by atoms with E-state index in [-0.39, 0.29) is 12.1 Å². The van der Waals surface area contributed by atoms with Gasteiger partial charge in [0.1, 0.15) is 5.60 Å². The van der Waals surface area contributed by atoms with Gasteiger partial charge >= 0.3 is 6.09 Å². The fourth-order valence-corrected chi connectivity index (χ4v) is 3.16. The molecule has 3 unspecified atom stereocenters. The van der Waals surface area contributed by atoms with Gasteiger partial charge in [0, 0.05) is 25.2 Å². The van der Waals surface area contributed by atoms with E-state index in [1.807, 2.05) is 25.7 Å². The maximum Gasteiger partial charge on any atom is 0.410 e. The van der Waals surface area contributed by atoms with Crippen LogP contribution in [-0.2, 0) is 14.2 Å². The van der Waals surface area contributed by atoms with Gasteiger partial charge in [-0.1, -0.05) is 0 Å². The number of morpholine rings is 1. The molecule has 6 heteroatoms. The summed E-state index contributed by atoms with van der Waals surface area (Å²) in [6, 6.07) is 0.780. The normalized spacial score (nSPS) is 27.6. The maximum atomic E-state index is 12.4. The Morgan fingerprint density at radius 3 is 2.70 bits per heavy atom. The molecule has 0 aromatic heterocycles. The molecule has 0 aliphatic carbocycles. The predicted octanol–water partition coefficient (Wildman–Crippen LogP) is 2.17. The molecule has 2 aliphatic rings. The predicted molar refractivity (Wildman–Crippen MR) is 88.6 cm³/mol. The van der Waals surface area contributed by atoms with Crippen LogP contribution in [0.15, 0.2) is 0 Å². The van der Waals surface area contributed by atoms with Gasteiger partial charge in [-0.05, 0) is 47.0 Å². The van der Waals surface area contributed by atoms with Crippen LogP contribution in [0.5, 0.6) is 0 Å². The van der Waals surface area contributed by atoms with E-state index >= 15 is 0 Å². The number of carbonyl (C=O) groups excluding carboxylic acids is 1. The summed E-state index contributed by atoms with van der Waals surface area (Å²) < 4.78 is 16.6. The van der Waals surface area contributed by atoms with Crippen LogP contribution in [0, 0.1) is 0 Å². The molecule has 0 aromatic rings. The van der Waals surface area contributed by atoms with E-state index in [9.17, 15) is 4.79 Å². The molecule has 1 N–H and O–H groups in total. The first-order valence-corrected chi connectivity index (χ1v) is 8.76. The van der Waals surface area contributed by atoms with Crippen LogP contribution in [0.1, 0.15) is 47.0 Å². The lowest BCUT2D eigenvalue weighted by atomic mass is 10.0. The largest absolute Gasteiger partial charge is 0.444 e. The highest BCUT2D eigenvalue weighted by Gasteiger charge is 2.32. The summed E-state index contributed by atoms with van der Waals surface area (Å²) in [5.74, 6) is 0. The van der Waals surface area contributed by atoms with Gasteiger partial charge in [0.25, 0.3) is 0 Å². The molecule has 3 atom stereocenters. The maximum absolute atomic E-state index is 12.4. The van der Waals surface area contributed by atoms with Crippen molar-refractivity contribution in [3.63, 3.8) is 0 Å². The minimum absolute atomic E-state index is 0.0607. The van der Waals surface area contributed by atoms with Gasteiger partial charge in [0.15, 0.2) is 0 Å². The molecule has 134 valence electrons. The molecular formula is C17H32N2O4. The minimum atomic E-state index is -0.469. The molecule has 0 saturated carbocycles. The Morgan fingerprint density at radius 1 is 1.30 bits per heavy atom. The van der Waals surface area contributed by atoms with Crippen LogP contribution in [-0.4, -0.2) is 67.7 Å². The second-order valence-electron chi connectivity index (χ2n) is 7.62. The van der Waals surface area contributed by atoms with Crippen molar-refractivity contribution in [1.29, 1.82) is 0 Å². The number of hydrogen-bond acceptors (Lipinski definition) is 5. The van der Waals surface area contributed by atoms with Crippen LogP contribution in [0.25, 0.3) is 0 Å². The second kappa shape index (κ2) is 8.31. The van der Waals surface area contributed by atoms with Crippen molar-refractivity contribution >= 4 is 6.09 Å². The Bertz CT molecular complexity index is 377. The highest BCUT2D eigenvalue weighted by molar-refractivity contribution is 5.68. The third-order valence-electron chi connectivity index (χ3n) is 4.16. The summed E-state index contributed by atoms with van der Waals surface area (Å²) >= 11 is 0. The number of amides is 1. The first kappa shape index (κ1) is 18.5. The summed E-state index contributed by atoms with van der Waals surface area (Å²) in [7, 11) is 0. The number of nitrogens with zero attached hydrogens (tertiary/aromatic N) is 1. The van der Waals surface area contributed by atoms with Gasteiger partial charge in [-0.3, -0.25) is 0 Å². The zero-order valence-corrected chi connectivity index (χ0v) is 15.0. The monoisotopic (exact) mass is 328 g/mol. The van der Waals surface area contributed by atoms with Crippen LogP contribution >= 0.6 is 0 Å². The van der Waals surface area contributed by atoms with Gasteiger partial charge < -0.3 is 24.4 Å². The SMILES string of the molecule is CC(CC1COCCN1C(=O)OC(C)(C)C)NC1CCCOC1. The molecule has 2 saturated heterocycles. The van der Waals surface area contributed by atoms with Gasteiger partial charge in [-0.15, -0.1) is 0 Å². The Hall–Kier alpha value is -0.850. The van der Waals surface area contributed by atoms with Crippen molar-refractivity contribution in [3.8, 4) is 0 Å². The Morgan fingerprint density at radius 2 is 2.04 bits per heavy atom. The summed E-state index contributed by atoms with van der Waals surface area (Å²) in [5, 5.41) is 3.61. The van der Waals surface area contributed by atoms with Crippen LogP contribution in [0.4, 0.5) is 4.79 Å². The fraction of sp³-hybridized carbons (Fsp3) is 0.941. The summed E-state index contributed by atoms with van der Waals surface area (Å²) in [6.45, 7) is 11.3. The second-order valence-corrected chi connectivity index (χ2v) is 7.62. The lowest BCUT2D eigenvalue weighted by Gasteiger charge is -2.38. The highest BCUT2D eigenvalue weighted by Crippen LogP contribution is 2.18. The van der Waals surface area contributed by atoms with E-state index in [1.54, 1.807) is 0 Å². The van der Waals surface area contributed by atoms with E-state index in [0.29, 0.717) is 31.8 Å². The van der Waals surface area contributed by atoms with E-state index in [0.717, 1.165) is 32.5 Å². The Kier molecular flexibility index (Phi) is 6.68. The van der Waals surface area contributed by atoms with Crippen molar-refractivity contribution < 1.29 is 19.0 Å². The molecule has 0 radical (unpaired) electrons. The van der Waals surface area contributed by atoms with Crippen LogP contribution < -0.4 is 5.32 Å². The average Bonchev–Trinajstić information content (AvgIpc) is 2.47. The molecule has 2 heterocycles. The molecule has 23 heavy (non-hydrogen) atoms. The Balaban J connectivity index is 1.85. The average molecular weight is 328 g/mol. The van der Waals surface area contributed by atoms with Crippen molar-refractivity contribution in [3.05, 3.63) is 0 Å². The van der Waals surface area contributed by atoms with Crippen molar-refractivity contribution in [2.24, 2.45) is 0 Å².